The Morgan fingerprint density at radius 1 is 1.26 bits per heavy atom. The van der Waals surface area contributed by atoms with E-state index >= 15 is 0 Å². The molecule has 1 aromatic carbocycles. The maximum absolute atomic E-state index is 12.9. The van der Waals surface area contributed by atoms with Gasteiger partial charge in [-0.25, -0.2) is 4.99 Å². The molecule has 2 aromatic rings. The van der Waals surface area contributed by atoms with Crippen molar-refractivity contribution >= 4 is 23.3 Å². The lowest BCUT2D eigenvalue weighted by atomic mass is 10.1. The van der Waals surface area contributed by atoms with Gasteiger partial charge in [-0.05, 0) is 36.3 Å². The van der Waals surface area contributed by atoms with Crippen molar-refractivity contribution in [2.75, 3.05) is 32.1 Å². The van der Waals surface area contributed by atoms with Crippen LogP contribution in [0.15, 0.2) is 72.1 Å². The zero-order valence-electron chi connectivity index (χ0n) is 17.9. The minimum atomic E-state index is -0.585. The highest BCUT2D eigenvalue weighted by Gasteiger charge is 2.31. The largest absolute Gasteiger partial charge is 0.365 e. The molecule has 7 heteroatoms. The minimum Gasteiger partial charge on any atom is -0.365 e. The number of benzene rings is 1. The topological polar surface area (TPSA) is 70.1 Å². The molecule has 1 saturated heterocycles. The molecule has 0 spiro atoms. The lowest BCUT2D eigenvalue weighted by molar-refractivity contribution is -0.131. The number of aromatic nitrogens is 1. The molecule has 1 amide bonds. The van der Waals surface area contributed by atoms with Gasteiger partial charge < -0.3 is 19.9 Å². The van der Waals surface area contributed by atoms with Gasteiger partial charge in [-0.1, -0.05) is 31.7 Å². The number of guanidine groups is 1. The number of anilines is 1. The molecule has 160 valence electrons. The molecule has 0 bridgehead atoms. The predicted octanol–water partition coefficient (Wildman–Crippen LogP) is 3.14. The summed E-state index contributed by atoms with van der Waals surface area (Å²) in [5, 5.41) is 3.03. The van der Waals surface area contributed by atoms with E-state index in [9.17, 15) is 4.79 Å². The van der Waals surface area contributed by atoms with Gasteiger partial charge in [-0.2, -0.15) is 0 Å². The van der Waals surface area contributed by atoms with Gasteiger partial charge in [0.1, 0.15) is 0 Å². The van der Waals surface area contributed by atoms with Crippen molar-refractivity contribution in [2.24, 2.45) is 4.99 Å². The Bertz CT molecular complexity index is 1030. The van der Waals surface area contributed by atoms with Crippen molar-refractivity contribution in [3.63, 3.8) is 0 Å². The summed E-state index contributed by atoms with van der Waals surface area (Å²) in [5.41, 5.74) is 4.56. The average Bonchev–Trinajstić information content (AvgIpc) is 2.81. The summed E-state index contributed by atoms with van der Waals surface area (Å²) in [6, 6.07) is 11.7. The maximum atomic E-state index is 12.9. The van der Waals surface area contributed by atoms with Crippen LogP contribution in [0.5, 0.6) is 0 Å². The van der Waals surface area contributed by atoms with Crippen molar-refractivity contribution in [1.29, 1.82) is 0 Å². The molecule has 4 rings (SSSR count). The van der Waals surface area contributed by atoms with Crippen molar-refractivity contribution in [3.8, 4) is 0 Å². The van der Waals surface area contributed by atoms with E-state index in [0.717, 1.165) is 40.6 Å². The van der Waals surface area contributed by atoms with E-state index in [1.807, 2.05) is 54.4 Å². The second kappa shape index (κ2) is 9.14. The molecule has 2 aliphatic heterocycles. The highest BCUT2D eigenvalue weighted by molar-refractivity contribution is 5.96. The van der Waals surface area contributed by atoms with Crippen LogP contribution in [-0.4, -0.2) is 59.5 Å². The third-order valence-corrected chi connectivity index (χ3v) is 5.53. The van der Waals surface area contributed by atoms with Crippen LogP contribution >= 0.6 is 0 Å². The fourth-order valence-electron chi connectivity index (χ4n) is 3.70. The summed E-state index contributed by atoms with van der Waals surface area (Å²) in [5.74, 6) is 0.614. The first kappa shape index (κ1) is 20.8. The molecule has 2 aliphatic rings. The smallest absolute Gasteiger partial charge is 0.255 e. The first-order valence-corrected chi connectivity index (χ1v) is 10.5. The van der Waals surface area contributed by atoms with Crippen LogP contribution in [0.2, 0.25) is 0 Å². The van der Waals surface area contributed by atoms with E-state index in [0.29, 0.717) is 19.7 Å². The van der Waals surface area contributed by atoms with E-state index in [1.165, 1.54) is 0 Å². The lowest BCUT2D eigenvalue weighted by Crippen LogP contribution is -2.53. The molecule has 3 heterocycles. The Balaban J connectivity index is 1.52. The molecule has 0 radical (unpaired) electrons. The highest BCUT2D eigenvalue weighted by atomic mass is 16.5. The first-order chi connectivity index (χ1) is 15.1. The molecule has 1 N–H and O–H groups in total. The molecule has 1 atom stereocenters. The van der Waals surface area contributed by atoms with Crippen LogP contribution in [-0.2, 0) is 16.0 Å². The van der Waals surface area contributed by atoms with Gasteiger partial charge in [-0.15, -0.1) is 0 Å². The fourth-order valence-corrected chi connectivity index (χ4v) is 3.70. The van der Waals surface area contributed by atoms with Gasteiger partial charge in [0.15, 0.2) is 6.10 Å². The second-order valence-corrected chi connectivity index (χ2v) is 7.53. The number of aliphatic imine (C=N–C) groups is 1. The number of hydrogen-bond acceptors (Lipinski definition) is 6. The Morgan fingerprint density at radius 2 is 2.03 bits per heavy atom. The number of ether oxygens (including phenoxy) is 1. The Morgan fingerprint density at radius 3 is 2.81 bits per heavy atom. The number of morpholine rings is 1. The van der Waals surface area contributed by atoms with E-state index in [2.05, 4.69) is 28.7 Å². The number of amides is 1. The van der Waals surface area contributed by atoms with E-state index in [-0.39, 0.29) is 5.91 Å². The van der Waals surface area contributed by atoms with Gasteiger partial charge in [0, 0.05) is 42.9 Å². The molecular formula is C24H27N5O2. The molecule has 0 saturated carbocycles. The number of allylic oxidation sites excluding steroid dienone is 1. The number of para-hydroxylation sites is 1. The van der Waals surface area contributed by atoms with Gasteiger partial charge in [0.25, 0.3) is 5.91 Å². The number of nitrogens with one attached hydrogen (secondary N) is 1. The fraction of sp³-hybridized carbons (Fsp3) is 0.292. The molecule has 1 unspecified atom stereocenters. The Hall–Kier alpha value is -3.45. The van der Waals surface area contributed by atoms with Crippen LogP contribution in [0.4, 0.5) is 5.69 Å². The van der Waals surface area contributed by atoms with E-state index in [1.54, 1.807) is 12.4 Å². The van der Waals surface area contributed by atoms with Crippen molar-refractivity contribution in [3.05, 3.63) is 78.3 Å². The summed E-state index contributed by atoms with van der Waals surface area (Å²) in [6.07, 6.45) is 5.71. The van der Waals surface area contributed by atoms with Crippen molar-refractivity contribution in [2.45, 2.75) is 19.4 Å². The average molecular weight is 418 g/mol. The molecule has 0 aliphatic carbocycles. The number of hydrogen-bond donors (Lipinski definition) is 1. The molecule has 7 nitrogen and oxygen atoms in total. The number of rotatable bonds is 4. The predicted molar refractivity (Wildman–Crippen MR) is 122 cm³/mol. The summed E-state index contributed by atoms with van der Waals surface area (Å²) < 4.78 is 5.81. The standard InChI is InChI=1S/C24H27N5O2/c1-4-18-7-5-6-8-20(18)26-23(30)22-16-29(13-14-31-22)24-27-21(15-17(2)28(24)3)19-9-11-25-12-10-19/h5-12,15,22H,2,4,13-14,16H2,1,3H3,(H,26,30). The number of carbonyl (C=O) groups excluding carboxylic acids is 1. The van der Waals surface area contributed by atoms with E-state index < -0.39 is 6.10 Å². The number of pyridine rings is 1. The van der Waals surface area contributed by atoms with Crippen LogP contribution < -0.4 is 5.32 Å². The lowest BCUT2D eigenvalue weighted by Gasteiger charge is -2.39. The van der Waals surface area contributed by atoms with Crippen LogP contribution in [0.3, 0.4) is 0 Å². The molecule has 31 heavy (non-hydrogen) atoms. The van der Waals surface area contributed by atoms with Crippen LogP contribution in [0.25, 0.3) is 5.70 Å². The molecular weight excluding hydrogens is 390 g/mol. The number of nitrogens with zero attached hydrogens (tertiary/aromatic N) is 4. The molecule has 1 aromatic heterocycles. The summed E-state index contributed by atoms with van der Waals surface area (Å²) in [7, 11) is 1.93. The van der Waals surface area contributed by atoms with Gasteiger partial charge in [0.2, 0.25) is 5.96 Å². The van der Waals surface area contributed by atoms with Crippen LogP contribution in [0, 0.1) is 0 Å². The normalized spacial score (nSPS) is 19.0. The summed E-state index contributed by atoms with van der Waals surface area (Å²) in [6.45, 7) is 7.74. The maximum Gasteiger partial charge on any atom is 0.255 e. The SMILES string of the molecule is C=C1C=C(c2ccncc2)N=C(N2CCOC(C(=O)Nc3ccccc3CC)C2)N1C. The van der Waals surface area contributed by atoms with Crippen LogP contribution in [0.1, 0.15) is 18.1 Å². The number of likely N-dealkylation sites (N-methyl/N-ethyl adjacent to an activating group) is 1. The van der Waals surface area contributed by atoms with Crippen molar-refractivity contribution in [1.82, 2.24) is 14.8 Å². The summed E-state index contributed by atoms with van der Waals surface area (Å²) in [4.78, 5) is 25.9. The van der Waals surface area contributed by atoms with Crippen molar-refractivity contribution < 1.29 is 9.53 Å². The van der Waals surface area contributed by atoms with Gasteiger partial charge >= 0.3 is 0 Å². The minimum absolute atomic E-state index is 0.145. The monoisotopic (exact) mass is 417 g/mol. The third-order valence-electron chi connectivity index (χ3n) is 5.53. The number of aryl methyl sites for hydroxylation is 1. The quantitative estimate of drug-likeness (QED) is 0.828. The zero-order valence-corrected chi connectivity index (χ0v) is 17.9. The number of carbonyl (C=O) groups is 1. The van der Waals surface area contributed by atoms with E-state index in [4.69, 9.17) is 9.73 Å². The van der Waals surface area contributed by atoms with Gasteiger partial charge in [-0.3, -0.25) is 9.78 Å². The Labute approximate surface area is 182 Å². The zero-order chi connectivity index (χ0) is 21.8. The summed E-state index contributed by atoms with van der Waals surface area (Å²) >= 11 is 0. The third kappa shape index (κ3) is 4.51. The van der Waals surface area contributed by atoms with Gasteiger partial charge in [0.05, 0.1) is 18.8 Å². The molecule has 1 fully saturated rings. The Kier molecular flexibility index (Phi) is 6.13. The highest BCUT2D eigenvalue weighted by Crippen LogP contribution is 2.25. The second-order valence-electron chi connectivity index (χ2n) is 7.53. The first-order valence-electron chi connectivity index (χ1n) is 10.5.